The van der Waals surface area contributed by atoms with Gasteiger partial charge in [-0.2, -0.15) is 0 Å². The van der Waals surface area contributed by atoms with Crippen molar-refractivity contribution in [2.75, 3.05) is 5.73 Å². The van der Waals surface area contributed by atoms with Gasteiger partial charge in [0, 0.05) is 10.7 Å². The van der Waals surface area contributed by atoms with E-state index < -0.39 is 5.82 Å². The summed E-state index contributed by atoms with van der Waals surface area (Å²) in [6.45, 7) is 4.00. The van der Waals surface area contributed by atoms with Gasteiger partial charge in [0.15, 0.2) is 0 Å². The first-order valence-corrected chi connectivity index (χ1v) is 3.78. The largest absolute Gasteiger partial charge is 0.399 e. The molecule has 1 rings (SSSR count). The molecule has 0 fully saturated rings. The van der Waals surface area contributed by atoms with E-state index in [1.54, 1.807) is 0 Å². The predicted octanol–water partition coefficient (Wildman–Crippen LogP) is 3.09. The Bertz CT molecular complexity index is 175. The first kappa shape index (κ1) is 10.2. The Kier molecular flexibility index (Phi) is 4.62. The number of benzene rings is 1. The summed E-state index contributed by atoms with van der Waals surface area (Å²) in [4.78, 5) is 0. The van der Waals surface area contributed by atoms with E-state index in [2.05, 4.69) is 0 Å². The fraction of sp³-hybridized carbons (Fsp3) is 0.250. The third kappa shape index (κ3) is 3.83. The Morgan fingerprint density at radius 2 is 1.82 bits per heavy atom. The highest BCUT2D eigenvalue weighted by Crippen LogP contribution is 2.14. The van der Waals surface area contributed by atoms with Crippen LogP contribution >= 0.6 is 11.6 Å². The van der Waals surface area contributed by atoms with Crippen LogP contribution in [0.3, 0.4) is 0 Å². The van der Waals surface area contributed by atoms with Crippen molar-refractivity contribution in [1.29, 1.82) is 0 Å². The van der Waals surface area contributed by atoms with Crippen LogP contribution in [-0.2, 0) is 0 Å². The summed E-state index contributed by atoms with van der Waals surface area (Å²) in [6.07, 6.45) is 0. The number of anilines is 1. The standard InChI is InChI=1S/C6H5ClFN.C2H6/c7-4-1-5(8)3-6(9)2-4;1-2/h1-3H,9H2;1-2H3. The monoisotopic (exact) mass is 175 g/mol. The molecule has 62 valence electrons. The zero-order valence-electron chi connectivity index (χ0n) is 6.57. The van der Waals surface area contributed by atoms with Crippen LogP contribution in [0.25, 0.3) is 0 Å². The van der Waals surface area contributed by atoms with E-state index in [0.29, 0.717) is 10.7 Å². The molecule has 2 N–H and O–H groups in total. The molecule has 0 spiro atoms. The van der Waals surface area contributed by atoms with Crippen LogP contribution in [0, 0.1) is 5.82 Å². The van der Waals surface area contributed by atoms with Crippen molar-refractivity contribution in [1.82, 2.24) is 0 Å². The van der Waals surface area contributed by atoms with E-state index in [0.717, 1.165) is 0 Å². The van der Waals surface area contributed by atoms with Crippen molar-refractivity contribution < 1.29 is 4.39 Å². The molecule has 0 aliphatic carbocycles. The third-order valence-electron chi connectivity index (χ3n) is 0.885. The van der Waals surface area contributed by atoms with E-state index in [1.807, 2.05) is 13.8 Å². The average molecular weight is 176 g/mol. The smallest absolute Gasteiger partial charge is 0.126 e. The summed E-state index contributed by atoms with van der Waals surface area (Å²) in [5.41, 5.74) is 5.58. The Morgan fingerprint density at radius 3 is 2.18 bits per heavy atom. The maximum Gasteiger partial charge on any atom is 0.126 e. The third-order valence-corrected chi connectivity index (χ3v) is 1.10. The second-order valence-electron chi connectivity index (χ2n) is 1.70. The molecule has 0 aromatic heterocycles. The molecule has 3 heteroatoms. The fourth-order valence-corrected chi connectivity index (χ4v) is 0.805. The molecule has 0 saturated carbocycles. The molecule has 0 amide bonds. The van der Waals surface area contributed by atoms with Gasteiger partial charge in [0.05, 0.1) is 0 Å². The van der Waals surface area contributed by atoms with E-state index in [9.17, 15) is 4.39 Å². The SMILES string of the molecule is CC.Nc1cc(F)cc(Cl)c1. The first-order chi connectivity index (χ1) is 5.18. The summed E-state index contributed by atoms with van der Waals surface area (Å²) < 4.78 is 12.3. The zero-order chi connectivity index (χ0) is 8.85. The molecule has 11 heavy (non-hydrogen) atoms. The molecule has 1 aromatic rings. The van der Waals surface area contributed by atoms with E-state index in [-0.39, 0.29) is 0 Å². The minimum absolute atomic E-state index is 0.326. The van der Waals surface area contributed by atoms with E-state index in [4.69, 9.17) is 17.3 Å². The summed E-state index contributed by atoms with van der Waals surface area (Å²) in [7, 11) is 0. The van der Waals surface area contributed by atoms with Crippen LogP contribution in [0.2, 0.25) is 5.02 Å². The highest BCUT2D eigenvalue weighted by atomic mass is 35.5. The quantitative estimate of drug-likeness (QED) is 0.603. The molecular formula is C8H11ClFN. The van der Waals surface area contributed by atoms with Crippen molar-refractivity contribution in [2.24, 2.45) is 0 Å². The minimum Gasteiger partial charge on any atom is -0.399 e. The van der Waals surface area contributed by atoms with Gasteiger partial charge in [-0.05, 0) is 18.2 Å². The normalized spacial score (nSPS) is 8.36. The number of hydrogen-bond acceptors (Lipinski definition) is 1. The van der Waals surface area contributed by atoms with Crippen LogP contribution in [-0.4, -0.2) is 0 Å². The molecule has 0 radical (unpaired) electrons. The lowest BCUT2D eigenvalue weighted by molar-refractivity contribution is 0.628. The van der Waals surface area contributed by atoms with Crippen LogP contribution in [0.15, 0.2) is 18.2 Å². The molecular weight excluding hydrogens is 165 g/mol. The molecule has 0 bridgehead atoms. The predicted molar refractivity (Wildman–Crippen MR) is 47.2 cm³/mol. The van der Waals surface area contributed by atoms with Gasteiger partial charge in [-0.15, -0.1) is 0 Å². The minimum atomic E-state index is -0.403. The summed E-state index contributed by atoms with van der Waals surface area (Å²) in [6, 6.07) is 3.91. The lowest BCUT2D eigenvalue weighted by Crippen LogP contribution is -1.84. The molecule has 0 unspecified atom stereocenters. The van der Waals surface area contributed by atoms with E-state index in [1.165, 1.54) is 18.2 Å². The molecule has 0 atom stereocenters. The van der Waals surface area contributed by atoms with Crippen molar-refractivity contribution in [3.05, 3.63) is 29.0 Å². The summed E-state index contributed by atoms with van der Waals surface area (Å²) in [5.74, 6) is -0.403. The number of nitrogen functional groups attached to an aromatic ring is 1. The molecule has 0 aliphatic rings. The number of rotatable bonds is 0. The Morgan fingerprint density at radius 1 is 1.27 bits per heavy atom. The van der Waals surface area contributed by atoms with Crippen LogP contribution in [0.1, 0.15) is 13.8 Å². The van der Waals surface area contributed by atoms with Crippen molar-refractivity contribution >= 4 is 17.3 Å². The van der Waals surface area contributed by atoms with Crippen LogP contribution in [0.5, 0.6) is 0 Å². The van der Waals surface area contributed by atoms with Gasteiger partial charge in [-0.25, -0.2) is 4.39 Å². The van der Waals surface area contributed by atoms with Gasteiger partial charge >= 0.3 is 0 Å². The van der Waals surface area contributed by atoms with Gasteiger partial charge in [0.2, 0.25) is 0 Å². The topological polar surface area (TPSA) is 26.0 Å². The molecule has 0 saturated heterocycles. The summed E-state index contributed by atoms with van der Waals surface area (Å²) >= 11 is 5.43. The molecule has 1 nitrogen and oxygen atoms in total. The van der Waals surface area contributed by atoms with Gasteiger partial charge in [0.25, 0.3) is 0 Å². The van der Waals surface area contributed by atoms with Gasteiger partial charge < -0.3 is 5.73 Å². The Labute approximate surface area is 71.0 Å². The first-order valence-electron chi connectivity index (χ1n) is 3.40. The molecule has 0 aliphatic heterocycles. The average Bonchev–Trinajstić information content (AvgIpc) is 1.88. The van der Waals surface area contributed by atoms with E-state index >= 15 is 0 Å². The van der Waals surface area contributed by atoms with Crippen LogP contribution < -0.4 is 5.73 Å². The maximum atomic E-state index is 12.3. The lowest BCUT2D eigenvalue weighted by Gasteiger charge is -1.92. The van der Waals surface area contributed by atoms with Gasteiger partial charge in [-0.1, -0.05) is 25.4 Å². The molecule has 1 aromatic carbocycles. The number of hydrogen-bond donors (Lipinski definition) is 1. The van der Waals surface area contributed by atoms with Gasteiger partial charge in [-0.3, -0.25) is 0 Å². The maximum absolute atomic E-state index is 12.3. The fourth-order valence-electron chi connectivity index (χ4n) is 0.575. The number of nitrogens with two attached hydrogens (primary N) is 1. The highest BCUT2D eigenvalue weighted by Gasteiger charge is 1.93. The zero-order valence-corrected chi connectivity index (χ0v) is 7.32. The van der Waals surface area contributed by atoms with Crippen LogP contribution in [0.4, 0.5) is 10.1 Å². The van der Waals surface area contributed by atoms with Gasteiger partial charge in [0.1, 0.15) is 5.82 Å². The Hall–Kier alpha value is -0.760. The summed E-state index contributed by atoms with van der Waals surface area (Å²) in [5, 5.41) is 0.326. The van der Waals surface area contributed by atoms with Crippen molar-refractivity contribution in [3.63, 3.8) is 0 Å². The highest BCUT2D eigenvalue weighted by molar-refractivity contribution is 6.30. The second-order valence-corrected chi connectivity index (χ2v) is 2.14. The van der Waals surface area contributed by atoms with Crippen molar-refractivity contribution in [2.45, 2.75) is 13.8 Å². The molecule has 0 heterocycles. The number of halogens is 2. The Balaban J connectivity index is 0.000000461. The second kappa shape index (κ2) is 4.97. The van der Waals surface area contributed by atoms with Crippen molar-refractivity contribution in [3.8, 4) is 0 Å². The lowest BCUT2D eigenvalue weighted by atomic mass is 10.3.